The molecule has 2 atom stereocenters. The van der Waals surface area contributed by atoms with Crippen LogP contribution >= 0.6 is 0 Å². The average Bonchev–Trinajstić information content (AvgIpc) is 2.51. The van der Waals surface area contributed by atoms with Gasteiger partial charge >= 0.3 is 0 Å². The van der Waals surface area contributed by atoms with Crippen molar-refractivity contribution in [1.29, 1.82) is 0 Å². The van der Waals surface area contributed by atoms with Gasteiger partial charge in [-0.25, -0.2) is 0 Å². The molecular weight excluding hydrogens is 246 g/mol. The zero-order valence-electron chi connectivity index (χ0n) is 12.2. The standard InChI is InChI=1S/C18H23NO/c1-3-17(14-8-6-5-7-9-14)19-18(4-2)15-10-12-16(20)13-11-15/h5-13,17-20H,3-4H2,1-2H3. The maximum atomic E-state index is 9.40. The highest BCUT2D eigenvalue weighted by Crippen LogP contribution is 2.25. The van der Waals surface area contributed by atoms with Crippen molar-refractivity contribution in [3.8, 4) is 5.75 Å². The van der Waals surface area contributed by atoms with Crippen molar-refractivity contribution in [3.05, 3.63) is 65.7 Å². The van der Waals surface area contributed by atoms with Crippen molar-refractivity contribution < 1.29 is 5.11 Å². The van der Waals surface area contributed by atoms with E-state index in [-0.39, 0.29) is 0 Å². The fourth-order valence-corrected chi connectivity index (χ4v) is 2.53. The van der Waals surface area contributed by atoms with Crippen LogP contribution in [0.5, 0.6) is 5.75 Å². The zero-order valence-corrected chi connectivity index (χ0v) is 12.2. The molecule has 0 bridgehead atoms. The zero-order chi connectivity index (χ0) is 14.4. The van der Waals surface area contributed by atoms with E-state index in [2.05, 4.69) is 43.4 Å². The smallest absolute Gasteiger partial charge is 0.115 e. The summed E-state index contributed by atoms with van der Waals surface area (Å²) in [6, 6.07) is 18.7. The Morgan fingerprint density at radius 3 is 1.80 bits per heavy atom. The number of hydrogen-bond acceptors (Lipinski definition) is 2. The highest BCUT2D eigenvalue weighted by molar-refractivity contribution is 5.28. The van der Waals surface area contributed by atoms with E-state index in [9.17, 15) is 5.11 Å². The molecule has 0 amide bonds. The number of phenols is 1. The lowest BCUT2D eigenvalue weighted by Gasteiger charge is -2.25. The lowest BCUT2D eigenvalue weighted by atomic mass is 9.99. The fourth-order valence-electron chi connectivity index (χ4n) is 2.53. The Morgan fingerprint density at radius 1 is 0.800 bits per heavy atom. The number of hydrogen-bond donors (Lipinski definition) is 2. The van der Waals surface area contributed by atoms with Crippen LogP contribution in [0.25, 0.3) is 0 Å². The van der Waals surface area contributed by atoms with Gasteiger partial charge in [-0.3, -0.25) is 0 Å². The molecule has 0 spiro atoms. The summed E-state index contributed by atoms with van der Waals surface area (Å²) >= 11 is 0. The minimum Gasteiger partial charge on any atom is -0.508 e. The summed E-state index contributed by atoms with van der Waals surface area (Å²) in [4.78, 5) is 0. The molecule has 20 heavy (non-hydrogen) atoms. The van der Waals surface area contributed by atoms with Gasteiger partial charge in [-0.2, -0.15) is 0 Å². The van der Waals surface area contributed by atoms with Gasteiger partial charge in [0.2, 0.25) is 0 Å². The summed E-state index contributed by atoms with van der Waals surface area (Å²) in [6.45, 7) is 4.39. The second kappa shape index (κ2) is 7.11. The van der Waals surface area contributed by atoms with Gasteiger partial charge in [-0.1, -0.05) is 56.3 Å². The summed E-state index contributed by atoms with van der Waals surface area (Å²) in [5, 5.41) is 13.1. The van der Waals surface area contributed by atoms with E-state index in [4.69, 9.17) is 0 Å². The molecule has 0 heterocycles. The Hall–Kier alpha value is -1.80. The third-order valence-corrected chi connectivity index (χ3v) is 3.72. The van der Waals surface area contributed by atoms with Gasteiger partial charge in [0.25, 0.3) is 0 Å². The predicted molar refractivity (Wildman–Crippen MR) is 83.7 cm³/mol. The van der Waals surface area contributed by atoms with Gasteiger partial charge in [-0.05, 0) is 36.1 Å². The van der Waals surface area contributed by atoms with Crippen LogP contribution in [0, 0.1) is 0 Å². The van der Waals surface area contributed by atoms with Gasteiger partial charge in [0.15, 0.2) is 0 Å². The average molecular weight is 269 g/mol. The largest absolute Gasteiger partial charge is 0.508 e. The quantitative estimate of drug-likeness (QED) is 0.804. The molecule has 0 aliphatic heterocycles. The van der Waals surface area contributed by atoms with Crippen LogP contribution in [0.1, 0.15) is 49.9 Å². The van der Waals surface area contributed by atoms with Crippen LogP contribution in [0.4, 0.5) is 0 Å². The maximum Gasteiger partial charge on any atom is 0.115 e. The van der Waals surface area contributed by atoms with E-state index in [0.29, 0.717) is 17.8 Å². The SMILES string of the molecule is CCC(NC(CC)c1ccc(O)cc1)c1ccccc1. The monoisotopic (exact) mass is 269 g/mol. The molecule has 2 aromatic carbocycles. The highest BCUT2D eigenvalue weighted by atomic mass is 16.3. The van der Waals surface area contributed by atoms with Crippen molar-refractivity contribution >= 4 is 0 Å². The second-order valence-corrected chi connectivity index (χ2v) is 5.09. The number of benzene rings is 2. The summed E-state index contributed by atoms with van der Waals surface area (Å²) in [7, 11) is 0. The first kappa shape index (κ1) is 14.6. The summed E-state index contributed by atoms with van der Waals surface area (Å²) in [5.41, 5.74) is 2.55. The Kier molecular flexibility index (Phi) is 5.19. The van der Waals surface area contributed by atoms with Gasteiger partial charge < -0.3 is 10.4 Å². The lowest BCUT2D eigenvalue weighted by Crippen LogP contribution is -2.25. The van der Waals surface area contributed by atoms with E-state index >= 15 is 0 Å². The molecular formula is C18H23NO. The van der Waals surface area contributed by atoms with Crippen LogP contribution in [0.15, 0.2) is 54.6 Å². The predicted octanol–water partition coefficient (Wildman–Crippen LogP) is 4.58. The van der Waals surface area contributed by atoms with Gasteiger partial charge in [0.05, 0.1) is 0 Å². The van der Waals surface area contributed by atoms with E-state index in [1.165, 1.54) is 11.1 Å². The molecule has 0 aromatic heterocycles. The number of rotatable bonds is 6. The van der Waals surface area contributed by atoms with Crippen LogP contribution in [0.2, 0.25) is 0 Å². The summed E-state index contributed by atoms with van der Waals surface area (Å²) in [5.74, 6) is 0.318. The number of aromatic hydroxyl groups is 1. The first-order valence-electron chi connectivity index (χ1n) is 7.34. The third kappa shape index (κ3) is 3.61. The molecule has 2 rings (SSSR count). The number of nitrogens with one attached hydrogen (secondary N) is 1. The van der Waals surface area contributed by atoms with Crippen LogP contribution < -0.4 is 5.32 Å². The van der Waals surface area contributed by atoms with E-state index in [1.807, 2.05) is 18.2 Å². The van der Waals surface area contributed by atoms with Crippen LogP contribution in [0.3, 0.4) is 0 Å². The molecule has 0 saturated carbocycles. The van der Waals surface area contributed by atoms with Crippen molar-refractivity contribution in [2.75, 3.05) is 0 Å². The topological polar surface area (TPSA) is 32.3 Å². The molecule has 2 heteroatoms. The second-order valence-electron chi connectivity index (χ2n) is 5.09. The molecule has 2 aromatic rings. The number of phenolic OH excluding ortho intramolecular Hbond substituents is 1. The normalized spacial score (nSPS) is 13.9. The Balaban J connectivity index is 2.14. The molecule has 0 aliphatic carbocycles. The fraction of sp³-hybridized carbons (Fsp3) is 0.333. The first-order valence-corrected chi connectivity index (χ1v) is 7.34. The highest BCUT2D eigenvalue weighted by Gasteiger charge is 2.15. The molecule has 2 nitrogen and oxygen atoms in total. The van der Waals surface area contributed by atoms with Gasteiger partial charge in [0, 0.05) is 12.1 Å². The van der Waals surface area contributed by atoms with Crippen LogP contribution in [-0.4, -0.2) is 5.11 Å². The van der Waals surface area contributed by atoms with Crippen molar-refractivity contribution in [3.63, 3.8) is 0 Å². The summed E-state index contributed by atoms with van der Waals surface area (Å²) in [6.07, 6.45) is 2.08. The van der Waals surface area contributed by atoms with Crippen LogP contribution in [-0.2, 0) is 0 Å². The first-order chi connectivity index (χ1) is 9.74. The Labute approximate surface area is 121 Å². The van der Waals surface area contributed by atoms with E-state index in [1.54, 1.807) is 12.1 Å². The molecule has 106 valence electrons. The minimum atomic E-state index is 0.306. The Morgan fingerprint density at radius 2 is 1.30 bits per heavy atom. The maximum absolute atomic E-state index is 9.40. The van der Waals surface area contributed by atoms with E-state index in [0.717, 1.165) is 12.8 Å². The molecule has 2 N–H and O–H groups in total. The molecule has 0 aliphatic rings. The van der Waals surface area contributed by atoms with Crippen molar-refractivity contribution in [2.24, 2.45) is 0 Å². The van der Waals surface area contributed by atoms with Gasteiger partial charge in [0.1, 0.15) is 5.75 Å². The van der Waals surface area contributed by atoms with Gasteiger partial charge in [-0.15, -0.1) is 0 Å². The van der Waals surface area contributed by atoms with Crippen molar-refractivity contribution in [2.45, 2.75) is 38.8 Å². The lowest BCUT2D eigenvalue weighted by molar-refractivity contribution is 0.425. The molecule has 0 saturated heterocycles. The minimum absolute atomic E-state index is 0.306. The summed E-state index contributed by atoms with van der Waals surface area (Å²) < 4.78 is 0. The Bertz CT molecular complexity index is 507. The van der Waals surface area contributed by atoms with Crippen molar-refractivity contribution in [1.82, 2.24) is 5.32 Å². The molecule has 2 unspecified atom stereocenters. The third-order valence-electron chi connectivity index (χ3n) is 3.72. The molecule has 0 radical (unpaired) electrons. The molecule has 0 fully saturated rings. The van der Waals surface area contributed by atoms with E-state index < -0.39 is 0 Å².